The predicted molar refractivity (Wildman–Crippen MR) is 128 cm³/mol. The largest absolute Gasteiger partial charge is 0.450 e. The van der Waals surface area contributed by atoms with Gasteiger partial charge < -0.3 is 9.73 Å². The number of hydrogen-bond donors (Lipinski definition) is 1. The van der Waals surface area contributed by atoms with Crippen molar-refractivity contribution in [3.05, 3.63) is 100 Å². The number of benzene rings is 3. The smallest absolute Gasteiger partial charge is 0.291 e. The van der Waals surface area contributed by atoms with Crippen LogP contribution in [0.2, 0.25) is 0 Å². The van der Waals surface area contributed by atoms with E-state index < -0.39 is 15.9 Å². The first-order chi connectivity index (χ1) is 15.8. The van der Waals surface area contributed by atoms with E-state index in [0.717, 1.165) is 11.6 Å². The molecule has 4 aromatic rings. The number of carbonyl (C=O) groups excluding carboxylic acids is 1. The molecule has 168 valence electrons. The normalized spacial score (nSPS) is 11.3. The summed E-state index contributed by atoms with van der Waals surface area (Å²) >= 11 is 0. The van der Waals surface area contributed by atoms with E-state index in [0.29, 0.717) is 22.3 Å². The number of nitrogens with zero attached hydrogens (tertiary/aromatic N) is 1. The molecule has 1 heterocycles. The fourth-order valence-electron chi connectivity index (χ4n) is 3.55. The van der Waals surface area contributed by atoms with E-state index in [-0.39, 0.29) is 22.6 Å². The van der Waals surface area contributed by atoms with Crippen LogP contribution in [0.4, 0.5) is 11.4 Å². The topological polar surface area (TPSA) is 96.7 Å². The van der Waals surface area contributed by atoms with E-state index in [4.69, 9.17) is 4.42 Å². The lowest BCUT2D eigenvalue weighted by atomic mass is 10.1. The van der Waals surface area contributed by atoms with Gasteiger partial charge in [-0.15, -0.1) is 0 Å². The van der Waals surface area contributed by atoms with Crippen LogP contribution in [0.3, 0.4) is 0 Å². The van der Waals surface area contributed by atoms with Crippen LogP contribution in [-0.4, -0.2) is 20.9 Å². The molecule has 1 aromatic heterocycles. The molecule has 0 spiro atoms. The molecule has 0 radical (unpaired) electrons. The molecule has 1 N–H and O–H groups in total. The van der Waals surface area contributed by atoms with Crippen LogP contribution in [0.15, 0.2) is 93.0 Å². The minimum atomic E-state index is -3.78. The Morgan fingerprint density at radius 2 is 1.67 bits per heavy atom. The monoisotopic (exact) mass is 462 g/mol. The number of anilines is 2. The number of aryl methyl sites for hydroxylation is 1. The second-order valence-corrected chi connectivity index (χ2v) is 9.27. The minimum absolute atomic E-state index is 0.0964. The summed E-state index contributed by atoms with van der Waals surface area (Å²) in [5, 5.41) is 3.05. The van der Waals surface area contributed by atoms with E-state index in [9.17, 15) is 18.0 Å². The van der Waals surface area contributed by atoms with Crippen molar-refractivity contribution in [1.82, 2.24) is 0 Å². The number of amides is 1. The molecule has 0 bridgehead atoms. The Hall–Kier alpha value is -3.91. The average Bonchev–Trinajstić information content (AvgIpc) is 2.81. The third-order valence-electron chi connectivity index (χ3n) is 5.21. The van der Waals surface area contributed by atoms with Crippen molar-refractivity contribution in [1.29, 1.82) is 0 Å². The van der Waals surface area contributed by atoms with E-state index in [1.807, 2.05) is 6.07 Å². The molecule has 0 saturated heterocycles. The van der Waals surface area contributed by atoms with Gasteiger partial charge in [0.15, 0.2) is 11.2 Å². The summed E-state index contributed by atoms with van der Waals surface area (Å²) in [6.07, 6.45) is 0. The molecule has 3 aromatic carbocycles. The number of sulfonamides is 1. The molecular weight excluding hydrogens is 440 g/mol. The molecule has 0 fully saturated rings. The van der Waals surface area contributed by atoms with Crippen LogP contribution >= 0.6 is 0 Å². The van der Waals surface area contributed by atoms with Gasteiger partial charge in [-0.1, -0.05) is 30.3 Å². The summed E-state index contributed by atoms with van der Waals surface area (Å²) in [6, 6.07) is 21.0. The lowest BCUT2D eigenvalue weighted by Gasteiger charge is -2.23. The van der Waals surface area contributed by atoms with Crippen LogP contribution in [0.1, 0.15) is 23.0 Å². The Labute approximate surface area is 191 Å². The summed E-state index contributed by atoms with van der Waals surface area (Å²) in [5.41, 5.74) is 1.73. The standard InChI is InChI=1S/C25H22N2O5S/c1-3-27(19-9-5-4-6-10-19)33(30,31)20-14-12-18(13-15-20)26-25(29)23-16-22(28)21-11-7-8-17(2)24(21)32-23/h4-16H,3H2,1-2H3,(H,26,29). The zero-order chi connectivity index (χ0) is 23.6. The number of para-hydroxylation sites is 2. The SMILES string of the molecule is CCN(c1ccccc1)S(=O)(=O)c1ccc(NC(=O)c2cc(=O)c3cccc(C)c3o2)cc1. The second kappa shape index (κ2) is 8.91. The quantitative estimate of drug-likeness (QED) is 0.453. The van der Waals surface area contributed by atoms with Gasteiger partial charge in [0.2, 0.25) is 0 Å². The zero-order valence-corrected chi connectivity index (χ0v) is 18.9. The number of nitrogens with one attached hydrogen (secondary N) is 1. The van der Waals surface area contributed by atoms with Gasteiger partial charge in [-0.05, 0) is 61.9 Å². The van der Waals surface area contributed by atoms with Crippen LogP contribution < -0.4 is 15.1 Å². The number of rotatable bonds is 6. The average molecular weight is 463 g/mol. The van der Waals surface area contributed by atoms with Crippen molar-refractivity contribution in [3.8, 4) is 0 Å². The fourth-order valence-corrected chi connectivity index (χ4v) is 5.02. The number of fused-ring (bicyclic) bond motifs is 1. The Morgan fingerprint density at radius 3 is 2.33 bits per heavy atom. The van der Waals surface area contributed by atoms with Gasteiger partial charge in [0.25, 0.3) is 15.9 Å². The maximum absolute atomic E-state index is 13.1. The highest BCUT2D eigenvalue weighted by Crippen LogP contribution is 2.24. The fraction of sp³-hybridized carbons (Fsp3) is 0.120. The summed E-state index contributed by atoms with van der Waals surface area (Å²) < 4.78 is 33.2. The zero-order valence-electron chi connectivity index (χ0n) is 18.1. The highest BCUT2D eigenvalue weighted by atomic mass is 32.2. The summed E-state index contributed by atoms with van der Waals surface area (Å²) in [4.78, 5) is 25.1. The summed E-state index contributed by atoms with van der Waals surface area (Å²) in [6.45, 7) is 3.82. The molecule has 0 saturated carbocycles. The first kappa shape index (κ1) is 22.3. The molecule has 1 amide bonds. The van der Waals surface area contributed by atoms with Gasteiger partial charge in [-0.25, -0.2) is 8.42 Å². The van der Waals surface area contributed by atoms with Crippen LogP contribution in [0.5, 0.6) is 0 Å². The maximum atomic E-state index is 13.1. The third-order valence-corrected chi connectivity index (χ3v) is 7.12. The number of carbonyl (C=O) groups is 1. The minimum Gasteiger partial charge on any atom is -0.450 e. The second-order valence-electron chi connectivity index (χ2n) is 7.41. The van der Waals surface area contributed by atoms with E-state index in [2.05, 4.69) is 5.32 Å². The van der Waals surface area contributed by atoms with Gasteiger partial charge >= 0.3 is 0 Å². The molecule has 0 aliphatic rings. The van der Waals surface area contributed by atoms with Crippen LogP contribution in [0.25, 0.3) is 11.0 Å². The van der Waals surface area contributed by atoms with Crippen molar-refractivity contribution in [2.75, 3.05) is 16.2 Å². The molecule has 8 heteroatoms. The summed E-state index contributed by atoms with van der Waals surface area (Å²) in [7, 11) is -3.78. The maximum Gasteiger partial charge on any atom is 0.291 e. The molecule has 0 aliphatic carbocycles. The van der Waals surface area contributed by atoms with Crippen LogP contribution in [-0.2, 0) is 10.0 Å². The van der Waals surface area contributed by atoms with E-state index in [1.54, 1.807) is 56.3 Å². The van der Waals surface area contributed by atoms with Crippen molar-refractivity contribution in [2.45, 2.75) is 18.7 Å². The first-order valence-corrected chi connectivity index (χ1v) is 11.8. The lowest BCUT2D eigenvalue weighted by molar-refractivity contribution is 0.0997. The highest BCUT2D eigenvalue weighted by molar-refractivity contribution is 7.92. The Morgan fingerprint density at radius 1 is 0.970 bits per heavy atom. The molecule has 0 atom stereocenters. The van der Waals surface area contributed by atoms with Gasteiger partial charge in [-0.2, -0.15) is 0 Å². The first-order valence-electron chi connectivity index (χ1n) is 10.3. The van der Waals surface area contributed by atoms with Gasteiger partial charge in [0.05, 0.1) is 16.0 Å². The van der Waals surface area contributed by atoms with Crippen molar-refractivity contribution in [2.24, 2.45) is 0 Å². The Kier molecular flexibility index (Phi) is 6.02. The van der Waals surface area contributed by atoms with Crippen molar-refractivity contribution >= 4 is 38.3 Å². The van der Waals surface area contributed by atoms with Crippen molar-refractivity contribution < 1.29 is 17.6 Å². The molecule has 0 unspecified atom stereocenters. The van der Waals surface area contributed by atoms with Crippen molar-refractivity contribution in [3.63, 3.8) is 0 Å². The number of hydrogen-bond acceptors (Lipinski definition) is 5. The molecular formula is C25H22N2O5S. The predicted octanol–water partition coefficient (Wildman–Crippen LogP) is 4.57. The van der Waals surface area contributed by atoms with Gasteiger partial charge in [-0.3, -0.25) is 13.9 Å². The van der Waals surface area contributed by atoms with Crippen LogP contribution in [0, 0.1) is 6.92 Å². The Bertz CT molecular complexity index is 1480. The molecule has 33 heavy (non-hydrogen) atoms. The van der Waals surface area contributed by atoms with E-state index >= 15 is 0 Å². The van der Waals surface area contributed by atoms with Gasteiger partial charge in [0.1, 0.15) is 5.58 Å². The van der Waals surface area contributed by atoms with Gasteiger partial charge in [0, 0.05) is 18.3 Å². The highest BCUT2D eigenvalue weighted by Gasteiger charge is 2.23. The molecule has 0 aliphatic heterocycles. The molecule has 4 rings (SSSR count). The lowest BCUT2D eigenvalue weighted by Crippen LogP contribution is -2.30. The summed E-state index contributed by atoms with van der Waals surface area (Å²) in [5.74, 6) is -0.730. The van der Waals surface area contributed by atoms with E-state index in [1.165, 1.54) is 28.6 Å². The molecule has 7 nitrogen and oxygen atoms in total. The Balaban J connectivity index is 1.58. The third kappa shape index (κ3) is 4.38.